The molecule has 0 radical (unpaired) electrons. The Bertz CT molecular complexity index is 747. The highest BCUT2D eigenvalue weighted by atomic mass is 32.2. The number of nitrogens with one attached hydrogen (secondary N) is 1. The Morgan fingerprint density at radius 1 is 1.36 bits per heavy atom. The third kappa shape index (κ3) is 4.44. The number of benzene rings is 1. The molecule has 1 atom stereocenters. The Balaban J connectivity index is 2.26. The molecule has 2 rings (SSSR count). The number of hydrogen-bond acceptors (Lipinski definition) is 5. The van der Waals surface area contributed by atoms with Gasteiger partial charge in [-0.25, -0.2) is 0 Å². The minimum atomic E-state index is -4.48. The van der Waals surface area contributed by atoms with Crippen LogP contribution in [0.15, 0.2) is 29.4 Å². The molecule has 3 N–H and O–H groups in total. The van der Waals surface area contributed by atoms with E-state index in [0.717, 1.165) is 12.1 Å². The van der Waals surface area contributed by atoms with Gasteiger partial charge in [0.25, 0.3) is 0 Å². The maximum absolute atomic E-state index is 12.8. The van der Waals surface area contributed by atoms with Crippen molar-refractivity contribution >= 4 is 29.3 Å². The number of thioether (sulfide) groups is 1. The van der Waals surface area contributed by atoms with Crippen molar-refractivity contribution in [2.75, 3.05) is 16.8 Å². The Hall–Kier alpha value is -2.23. The summed E-state index contributed by atoms with van der Waals surface area (Å²) in [6.45, 7) is 3.69. The topological polar surface area (TPSA) is 85.8 Å². The van der Waals surface area contributed by atoms with Gasteiger partial charge in [0.05, 0.1) is 5.56 Å². The van der Waals surface area contributed by atoms with Gasteiger partial charge in [-0.3, -0.25) is 9.36 Å². The van der Waals surface area contributed by atoms with Gasteiger partial charge < -0.3 is 11.1 Å². The molecule has 136 valence electrons. The predicted molar refractivity (Wildman–Crippen MR) is 90.2 cm³/mol. The zero-order chi connectivity index (χ0) is 18.6. The quantitative estimate of drug-likeness (QED) is 0.756. The standard InChI is InChI=1S/C15H18F3N5OS/c1-3-11(23-13(19)21-22-14(23)25-4-2)12(24)20-10-7-5-6-9(8-10)15(16,17)18/h5-8,11H,3-4H2,1-2H3,(H2,19,21)(H,20,24). The summed E-state index contributed by atoms with van der Waals surface area (Å²) in [5.74, 6) is 0.317. The van der Waals surface area contributed by atoms with Crippen molar-refractivity contribution in [3.8, 4) is 0 Å². The van der Waals surface area contributed by atoms with Crippen LogP contribution in [0.25, 0.3) is 0 Å². The molecule has 1 amide bonds. The van der Waals surface area contributed by atoms with Gasteiger partial charge in [-0.05, 0) is 30.4 Å². The number of aromatic nitrogens is 3. The lowest BCUT2D eigenvalue weighted by Gasteiger charge is -2.19. The molecule has 1 aromatic heterocycles. The van der Waals surface area contributed by atoms with Gasteiger partial charge in [-0.1, -0.05) is 31.7 Å². The third-order valence-electron chi connectivity index (χ3n) is 3.42. The number of rotatable bonds is 6. The van der Waals surface area contributed by atoms with Crippen LogP contribution in [0.5, 0.6) is 0 Å². The number of halogens is 3. The molecule has 0 saturated heterocycles. The Kier molecular flexibility index (Phi) is 5.93. The highest BCUT2D eigenvalue weighted by molar-refractivity contribution is 7.99. The number of carbonyl (C=O) groups is 1. The Morgan fingerprint density at radius 2 is 2.08 bits per heavy atom. The number of nitrogens with zero attached hydrogens (tertiary/aromatic N) is 3. The molecule has 0 fully saturated rings. The van der Waals surface area contributed by atoms with Crippen LogP contribution in [0, 0.1) is 0 Å². The van der Waals surface area contributed by atoms with Crippen LogP contribution < -0.4 is 11.1 Å². The molecule has 1 heterocycles. The molecule has 0 saturated carbocycles. The zero-order valence-corrected chi connectivity index (χ0v) is 14.5. The number of nitrogen functional groups attached to an aromatic ring is 1. The molecule has 10 heteroatoms. The van der Waals surface area contributed by atoms with Gasteiger partial charge in [0.2, 0.25) is 11.9 Å². The van der Waals surface area contributed by atoms with E-state index in [1.165, 1.54) is 28.5 Å². The minimum absolute atomic E-state index is 0.0645. The van der Waals surface area contributed by atoms with E-state index in [-0.39, 0.29) is 11.6 Å². The van der Waals surface area contributed by atoms with E-state index in [4.69, 9.17) is 5.73 Å². The van der Waals surface area contributed by atoms with Crippen molar-refractivity contribution in [3.63, 3.8) is 0 Å². The molecule has 1 aromatic carbocycles. The first-order chi connectivity index (χ1) is 11.8. The lowest BCUT2D eigenvalue weighted by atomic mass is 10.1. The van der Waals surface area contributed by atoms with E-state index < -0.39 is 23.7 Å². The lowest BCUT2D eigenvalue weighted by Crippen LogP contribution is -2.27. The first-order valence-electron chi connectivity index (χ1n) is 7.59. The maximum atomic E-state index is 12.8. The molecular weight excluding hydrogens is 355 g/mol. The van der Waals surface area contributed by atoms with Crippen LogP contribution >= 0.6 is 11.8 Å². The number of alkyl halides is 3. The van der Waals surface area contributed by atoms with Crippen LogP contribution in [0.2, 0.25) is 0 Å². The second kappa shape index (κ2) is 7.77. The fourth-order valence-electron chi connectivity index (χ4n) is 2.29. The average molecular weight is 373 g/mol. The van der Waals surface area contributed by atoms with E-state index in [2.05, 4.69) is 15.5 Å². The SMILES string of the molecule is CCSc1nnc(N)n1C(CC)C(=O)Nc1cccc(C(F)(F)F)c1. The molecule has 2 aromatic rings. The number of carbonyl (C=O) groups excluding carboxylic acids is 1. The monoisotopic (exact) mass is 373 g/mol. The number of anilines is 2. The van der Waals surface area contributed by atoms with Gasteiger partial charge in [0.15, 0.2) is 5.16 Å². The molecule has 0 aliphatic rings. The fourth-order valence-corrected chi connectivity index (χ4v) is 3.01. The molecule has 1 unspecified atom stereocenters. The molecule has 0 aliphatic carbocycles. The highest BCUT2D eigenvalue weighted by Gasteiger charge is 2.31. The van der Waals surface area contributed by atoms with Crippen LogP contribution in [0.1, 0.15) is 31.9 Å². The summed E-state index contributed by atoms with van der Waals surface area (Å²) in [4.78, 5) is 12.6. The van der Waals surface area contributed by atoms with Crippen molar-refractivity contribution < 1.29 is 18.0 Å². The lowest BCUT2D eigenvalue weighted by molar-refractivity contribution is -0.137. The van der Waals surface area contributed by atoms with Crippen LogP contribution in [-0.4, -0.2) is 26.4 Å². The fraction of sp³-hybridized carbons (Fsp3) is 0.400. The van der Waals surface area contributed by atoms with E-state index >= 15 is 0 Å². The number of hydrogen-bond donors (Lipinski definition) is 2. The minimum Gasteiger partial charge on any atom is -0.368 e. The normalized spacial score (nSPS) is 12.8. The van der Waals surface area contributed by atoms with Gasteiger partial charge in [0.1, 0.15) is 6.04 Å². The Morgan fingerprint density at radius 3 is 2.68 bits per heavy atom. The summed E-state index contributed by atoms with van der Waals surface area (Å²) in [6, 6.07) is 3.75. The molecule has 0 bridgehead atoms. The molecular formula is C15H18F3N5OS. The summed E-state index contributed by atoms with van der Waals surface area (Å²) in [5, 5.41) is 10.7. The van der Waals surface area contributed by atoms with E-state index in [1.807, 2.05) is 6.92 Å². The number of nitrogens with two attached hydrogens (primary N) is 1. The van der Waals surface area contributed by atoms with Crippen molar-refractivity contribution in [1.82, 2.24) is 14.8 Å². The second-order valence-electron chi connectivity index (χ2n) is 5.14. The molecule has 0 aliphatic heterocycles. The maximum Gasteiger partial charge on any atom is 0.416 e. The highest BCUT2D eigenvalue weighted by Crippen LogP contribution is 2.31. The van der Waals surface area contributed by atoms with Gasteiger partial charge in [-0.2, -0.15) is 13.2 Å². The van der Waals surface area contributed by atoms with Gasteiger partial charge >= 0.3 is 6.18 Å². The third-order valence-corrected chi connectivity index (χ3v) is 4.25. The van der Waals surface area contributed by atoms with Gasteiger partial charge in [-0.15, -0.1) is 10.2 Å². The first-order valence-corrected chi connectivity index (χ1v) is 8.57. The number of amides is 1. The van der Waals surface area contributed by atoms with E-state index in [0.29, 0.717) is 17.3 Å². The van der Waals surface area contributed by atoms with Crippen LogP contribution in [-0.2, 0) is 11.0 Å². The molecule has 25 heavy (non-hydrogen) atoms. The van der Waals surface area contributed by atoms with E-state index in [9.17, 15) is 18.0 Å². The summed E-state index contributed by atoms with van der Waals surface area (Å²) < 4.78 is 39.9. The average Bonchev–Trinajstić information content (AvgIpc) is 2.89. The summed E-state index contributed by atoms with van der Waals surface area (Å²) >= 11 is 1.38. The van der Waals surface area contributed by atoms with Crippen molar-refractivity contribution in [2.45, 2.75) is 37.6 Å². The van der Waals surface area contributed by atoms with Crippen molar-refractivity contribution in [3.05, 3.63) is 29.8 Å². The molecule has 0 spiro atoms. The molecule has 6 nitrogen and oxygen atoms in total. The smallest absolute Gasteiger partial charge is 0.368 e. The first kappa shape index (κ1) is 19.1. The van der Waals surface area contributed by atoms with Crippen LogP contribution in [0.3, 0.4) is 0 Å². The summed E-state index contributed by atoms with van der Waals surface area (Å²) in [5.41, 5.74) is 5.04. The van der Waals surface area contributed by atoms with Crippen molar-refractivity contribution in [2.24, 2.45) is 0 Å². The summed E-state index contributed by atoms with van der Waals surface area (Å²) in [6.07, 6.45) is -4.10. The zero-order valence-electron chi connectivity index (χ0n) is 13.7. The van der Waals surface area contributed by atoms with Gasteiger partial charge in [0, 0.05) is 5.69 Å². The largest absolute Gasteiger partial charge is 0.416 e. The van der Waals surface area contributed by atoms with E-state index in [1.54, 1.807) is 6.92 Å². The van der Waals surface area contributed by atoms with Crippen molar-refractivity contribution in [1.29, 1.82) is 0 Å². The van der Waals surface area contributed by atoms with Crippen LogP contribution in [0.4, 0.5) is 24.8 Å². The predicted octanol–water partition coefficient (Wildman–Crippen LogP) is 3.58. The Labute approximate surface area is 147 Å². The summed E-state index contributed by atoms with van der Waals surface area (Å²) in [7, 11) is 0. The second-order valence-corrected chi connectivity index (χ2v) is 6.37.